The monoisotopic (exact) mass is 205 g/mol. The molecule has 15 heavy (non-hydrogen) atoms. The summed E-state index contributed by atoms with van der Waals surface area (Å²) in [6, 6.07) is 3.94. The maximum Gasteiger partial charge on any atom is 0.0962 e. The summed E-state index contributed by atoms with van der Waals surface area (Å²) in [4.78, 5) is 4.25. The van der Waals surface area contributed by atoms with E-state index in [-0.39, 0.29) is 0 Å². The van der Waals surface area contributed by atoms with Crippen molar-refractivity contribution in [3.05, 3.63) is 42.2 Å². The highest BCUT2D eigenvalue weighted by Crippen LogP contribution is 2.20. The Balaban J connectivity index is 2.63. The van der Waals surface area contributed by atoms with Crippen molar-refractivity contribution in [1.29, 1.82) is 0 Å². The van der Waals surface area contributed by atoms with Gasteiger partial charge in [-0.1, -0.05) is 19.1 Å². The van der Waals surface area contributed by atoms with Crippen molar-refractivity contribution in [3.63, 3.8) is 0 Å². The van der Waals surface area contributed by atoms with Gasteiger partial charge in [-0.3, -0.25) is 4.98 Å². The van der Waals surface area contributed by atoms with Gasteiger partial charge in [-0.05, 0) is 37.3 Å². The van der Waals surface area contributed by atoms with Crippen molar-refractivity contribution in [3.8, 4) is 0 Å². The first-order valence-corrected chi connectivity index (χ1v) is 5.52. The van der Waals surface area contributed by atoms with Crippen molar-refractivity contribution in [2.75, 3.05) is 0 Å². The van der Waals surface area contributed by atoms with E-state index in [0.717, 1.165) is 36.9 Å². The second-order valence-corrected chi connectivity index (χ2v) is 3.64. The number of nitrogens with zero attached hydrogens (tertiary/aromatic N) is 1. The molecule has 0 bridgehead atoms. The van der Waals surface area contributed by atoms with Crippen LogP contribution < -0.4 is 0 Å². The SMILES string of the molecule is C=CCCCC(O)c1ncccc1CC. The zero-order valence-electron chi connectivity index (χ0n) is 9.32. The summed E-state index contributed by atoms with van der Waals surface area (Å²) in [6.45, 7) is 5.75. The molecule has 2 heteroatoms. The van der Waals surface area contributed by atoms with E-state index in [1.807, 2.05) is 18.2 Å². The lowest BCUT2D eigenvalue weighted by atomic mass is 10.0. The molecular formula is C13H19NO. The topological polar surface area (TPSA) is 33.1 Å². The first-order valence-electron chi connectivity index (χ1n) is 5.52. The summed E-state index contributed by atoms with van der Waals surface area (Å²) in [7, 11) is 0. The van der Waals surface area contributed by atoms with Gasteiger partial charge in [0.15, 0.2) is 0 Å². The summed E-state index contributed by atoms with van der Waals surface area (Å²) < 4.78 is 0. The summed E-state index contributed by atoms with van der Waals surface area (Å²) >= 11 is 0. The van der Waals surface area contributed by atoms with Crippen molar-refractivity contribution < 1.29 is 5.11 Å². The third-order valence-electron chi connectivity index (χ3n) is 2.51. The van der Waals surface area contributed by atoms with Crippen LogP contribution in [0.25, 0.3) is 0 Å². The lowest BCUT2D eigenvalue weighted by Gasteiger charge is -2.12. The Kier molecular flexibility index (Phi) is 5.05. The fourth-order valence-corrected chi connectivity index (χ4v) is 1.64. The predicted octanol–water partition coefficient (Wildman–Crippen LogP) is 3.03. The maximum atomic E-state index is 9.96. The van der Waals surface area contributed by atoms with Gasteiger partial charge >= 0.3 is 0 Å². The average molecular weight is 205 g/mol. The highest BCUT2D eigenvalue weighted by Gasteiger charge is 2.11. The molecular weight excluding hydrogens is 186 g/mol. The van der Waals surface area contributed by atoms with Crippen molar-refractivity contribution in [1.82, 2.24) is 4.98 Å². The van der Waals surface area contributed by atoms with Crippen LogP contribution in [0.15, 0.2) is 31.0 Å². The molecule has 2 nitrogen and oxygen atoms in total. The number of unbranched alkanes of at least 4 members (excludes halogenated alkanes) is 1. The molecule has 0 radical (unpaired) electrons. The Morgan fingerprint density at radius 3 is 3.07 bits per heavy atom. The number of aliphatic hydroxyl groups is 1. The Morgan fingerprint density at radius 1 is 1.60 bits per heavy atom. The van der Waals surface area contributed by atoms with Crippen LogP contribution in [0.3, 0.4) is 0 Å². The van der Waals surface area contributed by atoms with E-state index in [2.05, 4.69) is 18.5 Å². The van der Waals surface area contributed by atoms with Crippen LogP contribution in [-0.2, 0) is 6.42 Å². The first kappa shape index (κ1) is 11.9. The zero-order valence-corrected chi connectivity index (χ0v) is 9.32. The molecule has 0 saturated heterocycles. The number of aromatic nitrogens is 1. The molecule has 1 aromatic rings. The van der Waals surface area contributed by atoms with Gasteiger partial charge in [0.25, 0.3) is 0 Å². The van der Waals surface area contributed by atoms with E-state index in [0.29, 0.717) is 0 Å². The minimum Gasteiger partial charge on any atom is -0.387 e. The van der Waals surface area contributed by atoms with Gasteiger partial charge in [-0.15, -0.1) is 6.58 Å². The van der Waals surface area contributed by atoms with Crippen LogP contribution in [0.5, 0.6) is 0 Å². The maximum absolute atomic E-state index is 9.96. The standard InChI is InChI=1S/C13H19NO/c1-3-5-6-9-12(15)13-11(4-2)8-7-10-14-13/h3,7-8,10,12,15H,1,4-6,9H2,2H3. The van der Waals surface area contributed by atoms with Crippen LogP contribution in [0.1, 0.15) is 43.5 Å². The quantitative estimate of drug-likeness (QED) is 0.572. The van der Waals surface area contributed by atoms with E-state index in [1.165, 1.54) is 0 Å². The summed E-state index contributed by atoms with van der Waals surface area (Å²) in [5.41, 5.74) is 1.98. The minimum absolute atomic E-state index is 0.430. The van der Waals surface area contributed by atoms with Gasteiger partial charge in [0.2, 0.25) is 0 Å². The van der Waals surface area contributed by atoms with Gasteiger partial charge in [-0.2, -0.15) is 0 Å². The van der Waals surface area contributed by atoms with Crippen molar-refractivity contribution in [2.45, 2.75) is 38.7 Å². The molecule has 1 N–H and O–H groups in total. The van der Waals surface area contributed by atoms with E-state index in [1.54, 1.807) is 6.20 Å². The van der Waals surface area contributed by atoms with Crippen molar-refractivity contribution >= 4 is 0 Å². The molecule has 1 rings (SSSR count). The largest absolute Gasteiger partial charge is 0.387 e. The lowest BCUT2D eigenvalue weighted by Crippen LogP contribution is -2.04. The summed E-state index contributed by atoms with van der Waals surface area (Å²) in [5, 5.41) is 9.96. The van der Waals surface area contributed by atoms with E-state index in [4.69, 9.17) is 0 Å². The molecule has 1 heterocycles. The van der Waals surface area contributed by atoms with Gasteiger partial charge in [0.1, 0.15) is 0 Å². The van der Waals surface area contributed by atoms with Crippen LogP contribution in [0.2, 0.25) is 0 Å². The molecule has 1 aromatic heterocycles. The Labute approximate surface area is 91.7 Å². The molecule has 0 aromatic carbocycles. The van der Waals surface area contributed by atoms with Gasteiger partial charge in [0, 0.05) is 6.20 Å². The third kappa shape index (κ3) is 3.48. The normalized spacial score (nSPS) is 12.4. The predicted molar refractivity (Wildman–Crippen MR) is 62.6 cm³/mol. The second-order valence-electron chi connectivity index (χ2n) is 3.64. The zero-order chi connectivity index (χ0) is 11.1. The lowest BCUT2D eigenvalue weighted by molar-refractivity contribution is 0.159. The Hall–Kier alpha value is -1.15. The fourth-order valence-electron chi connectivity index (χ4n) is 1.64. The molecule has 1 unspecified atom stereocenters. The molecule has 0 amide bonds. The number of aliphatic hydroxyl groups excluding tert-OH is 1. The molecule has 0 aliphatic carbocycles. The highest BCUT2D eigenvalue weighted by atomic mass is 16.3. The third-order valence-corrected chi connectivity index (χ3v) is 2.51. The van der Waals surface area contributed by atoms with Crippen LogP contribution >= 0.6 is 0 Å². The van der Waals surface area contributed by atoms with E-state index < -0.39 is 6.10 Å². The molecule has 0 spiro atoms. The Bertz CT molecular complexity index is 309. The molecule has 82 valence electrons. The van der Waals surface area contributed by atoms with Crippen LogP contribution in [-0.4, -0.2) is 10.1 Å². The first-order chi connectivity index (χ1) is 7.29. The molecule has 0 fully saturated rings. The average Bonchev–Trinajstić information content (AvgIpc) is 2.29. The van der Waals surface area contributed by atoms with Gasteiger partial charge < -0.3 is 5.11 Å². The second kappa shape index (κ2) is 6.36. The highest BCUT2D eigenvalue weighted by molar-refractivity contribution is 5.21. The minimum atomic E-state index is -0.430. The van der Waals surface area contributed by atoms with E-state index >= 15 is 0 Å². The molecule has 0 aliphatic rings. The van der Waals surface area contributed by atoms with Gasteiger partial charge in [0.05, 0.1) is 11.8 Å². The number of aryl methyl sites for hydroxylation is 1. The van der Waals surface area contributed by atoms with Crippen LogP contribution in [0.4, 0.5) is 0 Å². The molecule has 1 atom stereocenters. The Morgan fingerprint density at radius 2 is 2.40 bits per heavy atom. The molecule has 0 aliphatic heterocycles. The number of allylic oxidation sites excluding steroid dienone is 1. The smallest absolute Gasteiger partial charge is 0.0962 e. The number of pyridine rings is 1. The molecule has 0 saturated carbocycles. The fraction of sp³-hybridized carbons (Fsp3) is 0.462. The van der Waals surface area contributed by atoms with E-state index in [9.17, 15) is 5.11 Å². The summed E-state index contributed by atoms with van der Waals surface area (Å²) in [6.07, 6.45) is 6.78. The van der Waals surface area contributed by atoms with Gasteiger partial charge in [-0.25, -0.2) is 0 Å². The number of hydrogen-bond donors (Lipinski definition) is 1. The van der Waals surface area contributed by atoms with Crippen LogP contribution in [0, 0.1) is 0 Å². The number of hydrogen-bond acceptors (Lipinski definition) is 2. The van der Waals surface area contributed by atoms with Crippen molar-refractivity contribution in [2.24, 2.45) is 0 Å². The summed E-state index contributed by atoms with van der Waals surface area (Å²) in [5.74, 6) is 0. The number of rotatable bonds is 6.